The van der Waals surface area contributed by atoms with Crippen molar-refractivity contribution in [3.63, 3.8) is 0 Å². The molecule has 1 atom stereocenters. The number of ether oxygens (including phenoxy) is 1. The van der Waals surface area contributed by atoms with Gasteiger partial charge in [-0.25, -0.2) is 0 Å². The zero-order valence-electron chi connectivity index (χ0n) is 17.2. The summed E-state index contributed by atoms with van der Waals surface area (Å²) in [6, 6.07) is 6.43. The SMILES string of the molecule is CCC(C)/C=C(C)/C=C/C=C/C(=O)c1c(OC)c(-c2ccc(O)cc2)c[nH]c1=O. The summed E-state index contributed by atoms with van der Waals surface area (Å²) in [6.07, 6.45) is 11.4. The monoisotopic (exact) mass is 393 g/mol. The number of allylic oxidation sites excluding steroid dienone is 6. The summed E-state index contributed by atoms with van der Waals surface area (Å²) in [6.45, 7) is 6.29. The van der Waals surface area contributed by atoms with Crippen LogP contribution in [0.1, 0.15) is 37.6 Å². The van der Waals surface area contributed by atoms with Crippen molar-refractivity contribution >= 4 is 5.78 Å². The maximum absolute atomic E-state index is 12.7. The highest BCUT2D eigenvalue weighted by Gasteiger charge is 2.19. The molecule has 0 aliphatic rings. The molecule has 2 rings (SSSR count). The molecule has 5 heteroatoms. The van der Waals surface area contributed by atoms with Crippen LogP contribution in [0.4, 0.5) is 0 Å². The van der Waals surface area contributed by atoms with Crippen LogP contribution in [0.5, 0.6) is 11.5 Å². The van der Waals surface area contributed by atoms with Gasteiger partial charge in [-0.15, -0.1) is 0 Å². The molecule has 2 aromatic rings. The van der Waals surface area contributed by atoms with Crippen molar-refractivity contribution < 1.29 is 14.6 Å². The van der Waals surface area contributed by atoms with Crippen LogP contribution in [0.15, 0.2) is 71.2 Å². The lowest BCUT2D eigenvalue weighted by Crippen LogP contribution is -2.18. The fourth-order valence-corrected chi connectivity index (χ4v) is 2.86. The zero-order chi connectivity index (χ0) is 21.4. The second-order valence-corrected chi connectivity index (χ2v) is 6.87. The Morgan fingerprint density at radius 3 is 2.48 bits per heavy atom. The first kappa shape index (κ1) is 22.0. The Balaban J connectivity index is 2.32. The van der Waals surface area contributed by atoms with Crippen LogP contribution in [0, 0.1) is 5.92 Å². The molecule has 1 aromatic heterocycles. The fraction of sp³-hybridized carbons (Fsp3) is 0.250. The number of aromatic amines is 1. The number of rotatable bonds is 8. The number of pyridine rings is 1. The molecule has 1 unspecified atom stereocenters. The van der Waals surface area contributed by atoms with E-state index in [9.17, 15) is 14.7 Å². The van der Waals surface area contributed by atoms with Crippen LogP contribution in [-0.4, -0.2) is 23.0 Å². The zero-order valence-corrected chi connectivity index (χ0v) is 17.2. The van der Waals surface area contributed by atoms with Crippen LogP contribution >= 0.6 is 0 Å². The van der Waals surface area contributed by atoms with Gasteiger partial charge in [0.2, 0.25) is 0 Å². The lowest BCUT2D eigenvalue weighted by atomic mass is 10.0. The summed E-state index contributed by atoms with van der Waals surface area (Å²) in [5.74, 6) is 0.374. The summed E-state index contributed by atoms with van der Waals surface area (Å²) in [7, 11) is 1.42. The van der Waals surface area contributed by atoms with Gasteiger partial charge < -0.3 is 14.8 Å². The van der Waals surface area contributed by atoms with Crippen LogP contribution in [0.2, 0.25) is 0 Å². The second kappa shape index (κ2) is 10.3. The van der Waals surface area contributed by atoms with Crippen molar-refractivity contribution in [2.24, 2.45) is 5.92 Å². The van der Waals surface area contributed by atoms with Crippen LogP contribution in [0.25, 0.3) is 11.1 Å². The quantitative estimate of drug-likeness (QED) is 0.374. The van der Waals surface area contributed by atoms with Gasteiger partial charge in [-0.3, -0.25) is 9.59 Å². The number of ketones is 1. The van der Waals surface area contributed by atoms with Crippen molar-refractivity contribution in [2.75, 3.05) is 7.11 Å². The van der Waals surface area contributed by atoms with Gasteiger partial charge in [-0.2, -0.15) is 0 Å². The van der Waals surface area contributed by atoms with E-state index >= 15 is 0 Å². The number of phenolic OH excluding ortho intramolecular Hbond substituents is 1. The second-order valence-electron chi connectivity index (χ2n) is 6.87. The highest BCUT2D eigenvalue weighted by atomic mass is 16.5. The Bertz CT molecular complexity index is 995. The molecule has 0 bridgehead atoms. The number of H-pyrrole nitrogens is 1. The van der Waals surface area contributed by atoms with Crippen molar-refractivity contribution in [1.29, 1.82) is 0 Å². The molecule has 0 aliphatic heterocycles. The van der Waals surface area contributed by atoms with E-state index in [1.807, 2.05) is 13.0 Å². The molecule has 0 radical (unpaired) electrons. The summed E-state index contributed by atoms with van der Waals surface area (Å²) in [4.78, 5) is 27.6. The minimum atomic E-state index is -0.518. The molecule has 152 valence electrons. The Hall–Kier alpha value is -3.34. The third-order valence-corrected chi connectivity index (χ3v) is 4.58. The molecule has 1 aromatic carbocycles. The van der Waals surface area contributed by atoms with Crippen molar-refractivity contribution in [3.05, 3.63) is 82.3 Å². The molecular weight excluding hydrogens is 366 g/mol. The van der Waals surface area contributed by atoms with E-state index in [4.69, 9.17) is 4.74 Å². The predicted octanol–water partition coefficient (Wildman–Crippen LogP) is 5.04. The number of methoxy groups -OCH3 is 1. The van der Waals surface area contributed by atoms with E-state index < -0.39 is 11.3 Å². The third kappa shape index (κ3) is 5.82. The molecule has 0 spiro atoms. The van der Waals surface area contributed by atoms with Gasteiger partial charge in [0.15, 0.2) is 5.78 Å². The van der Waals surface area contributed by atoms with Gasteiger partial charge in [-0.1, -0.05) is 62.3 Å². The van der Waals surface area contributed by atoms with E-state index in [0.29, 0.717) is 17.0 Å². The fourth-order valence-electron chi connectivity index (χ4n) is 2.86. The van der Waals surface area contributed by atoms with Gasteiger partial charge in [0, 0.05) is 11.8 Å². The average molecular weight is 393 g/mol. The molecule has 0 amide bonds. The summed E-state index contributed by atoms with van der Waals surface area (Å²) < 4.78 is 5.40. The number of benzene rings is 1. The molecule has 0 fully saturated rings. The van der Waals surface area contributed by atoms with Gasteiger partial charge >= 0.3 is 0 Å². The van der Waals surface area contributed by atoms with Crippen LogP contribution in [0.3, 0.4) is 0 Å². The summed E-state index contributed by atoms with van der Waals surface area (Å²) in [5.41, 5.74) is 1.80. The van der Waals surface area contributed by atoms with Crippen molar-refractivity contribution in [1.82, 2.24) is 4.98 Å². The van der Waals surface area contributed by atoms with Gasteiger partial charge in [0.1, 0.15) is 17.1 Å². The van der Waals surface area contributed by atoms with Gasteiger partial charge in [0.25, 0.3) is 5.56 Å². The normalized spacial score (nSPS) is 13.2. The summed E-state index contributed by atoms with van der Waals surface area (Å²) >= 11 is 0. The first-order chi connectivity index (χ1) is 13.9. The molecule has 0 aliphatic carbocycles. The Morgan fingerprint density at radius 1 is 1.21 bits per heavy atom. The lowest BCUT2D eigenvalue weighted by Gasteiger charge is -2.11. The number of phenols is 1. The van der Waals surface area contributed by atoms with E-state index in [-0.39, 0.29) is 17.1 Å². The minimum Gasteiger partial charge on any atom is -0.508 e. The molecule has 5 nitrogen and oxygen atoms in total. The smallest absolute Gasteiger partial charge is 0.263 e. The largest absolute Gasteiger partial charge is 0.508 e. The maximum Gasteiger partial charge on any atom is 0.263 e. The van der Waals surface area contributed by atoms with Crippen molar-refractivity contribution in [3.8, 4) is 22.6 Å². The average Bonchev–Trinajstić information content (AvgIpc) is 2.71. The first-order valence-electron chi connectivity index (χ1n) is 9.54. The van der Waals surface area contributed by atoms with E-state index in [1.54, 1.807) is 24.3 Å². The number of hydrogen-bond donors (Lipinski definition) is 2. The Morgan fingerprint density at radius 2 is 1.86 bits per heavy atom. The number of aromatic nitrogens is 1. The standard InChI is InChI=1S/C24H27NO4/c1-5-16(2)14-17(3)8-6-7-9-21(27)22-23(29-4)20(15-25-24(22)28)18-10-12-19(26)13-11-18/h6-16,26H,5H2,1-4H3,(H,25,28)/b8-6+,9-7+,17-14+. The summed E-state index contributed by atoms with van der Waals surface area (Å²) in [5, 5.41) is 9.48. The predicted molar refractivity (Wildman–Crippen MR) is 117 cm³/mol. The third-order valence-electron chi connectivity index (χ3n) is 4.58. The molecular formula is C24H27NO4. The van der Waals surface area contributed by atoms with E-state index in [0.717, 1.165) is 12.0 Å². The molecule has 2 N–H and O–H groups in total. The highest BCUT2D eigenvalue weighted by molar-refractivity contribution is 6.07. The van der Waals surface area contributed by atoms with Gasteiger partial charge in [0.05, 0.1) is 7.11 Å². The highest BCUT2D eigenvalue weighted by Crippen LogP contribution is 2.32. The number of carbonyl (C=O) groups is 1. The van der Waals surface area contributed by atoms with E-state index in [1.165, 1.54) is 31.5 Å². The molecule has 1 heterocycles. The van der Waals surface area contributed by atoms with Crippen molar-refractivity contribution in [2.45, 2.75) is 27.2 Å². The first-order valence-corrected chi connectivity index (χ1v) is 9.54. The lowest BCUT2D eigenvalue weighted by molar-refractivity contribution is 0.104. The van der Waals surface area contributed by atoms with Crippen LogP contribution in [-0.2, 0) is 0 Å². The Labute approximate surface area is 171 Å². The molecule has 0 saturated carbocycles. The molecule has 29 heavy (non-hydrogen) atoms. The molecule has 0 saturated heterocycles. The topological polar surface area (TPSA) is 79.4 Å². The minimum absolute atomic E-state index is 0.0606. The van der Waals surface area contributed by atoms with Gasteiger partial charge in [-0.05, 0) is 36.6 Å². The number of carbonyl (C=O) groups excluding carboxylic acids is 1. The number of aromatic hydroxyl groups is 1. The van der Waals surface area contributed by atoms with Crippen LogP contribution < -0.4 is 10.3 Å². The van der Waals surface area contributed by atoms with E-state index in [2.05, 4.69) is 24.9 Å². The Kier molecular flexibility index (Phi) is 7.78. The number of nitrogens with one attached hydrogen (secondary N) is 1. The maximum atomic E-state index is 12.7. The number of hydrogen-bond acceptors (Lipinski definition) is 4.